The van der Waals surface area contributed by atoms with Crippen LogP contribution < -0.4 is 5.73 Å². The van der Waals surface area contributed by atoms with E-state index in [4.69, 9.17) is 5.73 Å². The fraction of sp³-hybridized carbons (Fsp3) is 0.647. The van der Waals surface area contributed by atoms with Crippen molar-refractivity contribution in [3.63, 3.8) is 0 Å². The van der Waals surface area contributed by atoms with Gasteiger partial charge in [-0.2, -0.15) is 0 Å². The van der Waals surface area contributed by atoms with Crippen molar-refractivity contribution in [3.8, 4) is 0 Å². The molecule has 1 atom stereocenters. The molecule has 1 aromatic rings. The summed E-state index contributed by atoms with van der Waals surface area (Å²) in [6.45, 7) is 10.2. The van der Waals surface area contributed by atoms with Crippen LogP contribution in [0.5, 0.6) is 0 Å². The second-order valence-corrected chi connectivity index (χ2v) is 5.79. The maximum Gasteiger partial charge on any atom is 0.123 e. The standard InChI is InChI=1S/C17H29FN2/c1-5-6-7-10-20(13(2)3)17(12-19)16-9-8-15(18)11-14(16)4/h8-9,11,13,17H,5-7,10,12,19H2,1-4H3. The van der Waals surface area contributed by atoms with Gasteiger partial charge in [-0.15, -0.1) is 0 Å². The second-order valence-electron chi connectivity index (χ2n) is 5.79. The van der Waals surface area contributed by atoms with E-state index >= 15 is 0 Å². The molecule has 0 aliphatic carbocycles. The highest BCUT2D eigenvalue weighted by atomic mass is 19.1. The monoisotopic (exact) mass is 280 g/mol. The van der Waals surface area contributed by atoms with Gasteiger partial charge in [-0.1, -0.05) is 25.8 Å². The number of aryl methyl sites for hydroxylation is 1. The first-order valence-electron chi connectivity index (χ1n) is 7.73. The number of hydrogen-bond donors (Lipinski definition) is 1. The van der Waals surface area contributed by atoms with E-state index in [1.165, 1.54) is 25.3 Å². The minimum Gasteiger partial charge on any atom is -0.329 e. The summed E-state index contributed by atoms with van der Waals surface area (Å²) in [5.41, 5.74) is 8.16. The number of unbranched alkanes of at least 4 members (excludes halogenated alkanes) is 2. The summed E-state index contributed by atoms with van der Waals surface area (Å²) in [5.74, 6) is -0.177. The second kappa shape index (κ2) is 8.38. The maximum absolute atomic E-state index is 13.3. The molecule has 0 aliphatic rings. The Morgan fingerprint density at radius 1 is 1.25 bits per heavy atom. The quantitative estimate of drug-likeness (QED) is 0.728. The minimum absolute atomic E-state index is 0.174. The van der Waals surface area contributed by atoms with Crippen LogP contribution in [0.3, 0.4) is 0 Å². The molecule has 2 nitrogen and oxygen atoms in total. The molecule has 0 amide bonds. The van der Waals surface area contributed by atoms with Gasteiger partial charge < -0.3 is 5.73 Å². The SMILES string of the molecule is CCCCCN(C(C)C)C(CN)c1ccc(F)cc1C. The number of hydrogen-bond acceptors (Lipinski definition) is 2. The van der Waals surface area contributed by atoms with Gasteiger partial charge >= 0.3 is 0 Å². The molecular weight excluding hydrogens is 251 g/mol. The van der Waals surface area contributed by atoms with Crippen LogP contribution in [0, 0.1) is 12.7 Å². The molecule has 2 N–H and O–H groups in total. The fourth-order valence-electron chi connectivity index (χ4n) is 2.77. The first-order chi connectivity index (χ1) is 9.51. The lowest BCUT2D eigenvalue weighted by atomic mass is 9.98. The fourth-order valence-corrected chi connectivity index (χ4v) is 2.77. The van der Waals surface area contributed by atoms with Crippen molar-refractivity contribution in [1.29, 1.82) is 0 Å². The Kier molecular flexibility index (Phi) is 7.17. The Labute approximate surface area is 123 Å². The van der Waals surface area contributed by atoms with E-state index in [9.17, 15) is 4.39 Å². The van der Waals surface area contributed by atoms with Crippen LogP contribution in [0.1, 0.15) is 57.2 Å². The van der Waals surface area contributed by atoms with E-state index in [2.05, 4.69) is 25.7 Å². The molecule has 0 bridgehead atoms. The van der Waals surface area contributed by atoms with Gasteiger partial charge in [0.05, 0.1) is 0 Å². The summed E-state index contributed by atoms with van der Waals surface area (Å²) < 4.78 is 13.3. The highest BCUT2D eigenvalue weighted by Crippen LogP contribution is 2.26. The Morgan fingerprint density at radius 2 is 1.95 bits per heavy atom. The topological polar surface area (TPSA) is 29.3 Å². The van der Waals surface area contributed by atoms with Gasteiger partial charge in [0.25, 0.3) is 0 Å². The van der Waals surface area contributed by atoms with Crippen LogP contribution in [0.25, 0.3) is 0 Å². The lowest BCUT2D eigenvalue weighted by Gasteiger charge is -2.35. The van der Waals surface area contributed by atoms with E-state index in [1.54, 1.807) is 6.07 Å². The van der Waals surface area contributed by atoms with Gasteiger partial charge in [-0.3, -0.25) is 4.90 Å². The summed E-state index contributed by atoms with van der Waals surface area (Å²) in [6.07, 6.45) is 3.64. The van der Waals surface area contributed by atoms with Crippen LogP contribution in [-0.4, -0.2) is 24.0 Å². The van der Waals surface area contributed by atoms with Crippen molar-refractivity contribution < 1.29 is 4.39 Å². The molecule has 1 aromatic carbocycles. The molecule has 0 saturated carbocycles. The van der Waals surface area contributed by atoms with Crippen LogP contribution in [0.2, 0.25) is 0 Å². The average molecular weight is 280 g/mol. The smallest absolute Gasteiger partial charge is 0.123 e. The van der Waals surface area contributed by atoms with Crippen molar-refractivity contribution in [2.45, 2.75) is 59.0 Å². The van der Waals surface area contributed by atoms with E-state index < -0.39 is 0 Å². The van der Waals surface area contributed by atoms with Crippen molar-refractivity contribution in [1.82, 2.24) is 4.90 Å². The van der Waals surface area contributed by atoms with Gasteiger partial charge in [0, 0.05) is 18.6 Å². The molecule has 1 rings (SSSR count). The summed E-state index contributed by atoms with van der Waals surface area (Å²) in [5, 5.41) is 0. The highest BCUT2D eigenvalue weighted by molar-refractivity contribution is 5.30. The summed E-state index contributed by atoms with van der Waals surface area (Å²) in [4.78, 5) is 2.44. The molecule has 0 spiro atoms. The Bertz CT molecular complexity index is 404. The molecule has 0 aliphatic heterocycles. The molecule has 0 fully saturated rings. The van der Waals surface area contributed by atoms with E-state index in [1.807, 2.05) is 13.0 Å². The first-order valence-corrected chi connectivity index (χ1v) is 7.73. The number of rotatable bonds is 8. The zero-order valence-electron chi connectivity index (χ0n) is 13.3. The third-order valence-electron chi connectivity index (χ3n) is 3.90. The number of nitrogens with two attached hydrogens (primary N) is 1. The van der Waals surface area contributed by atoms with E-state index in [0.29, 0.717) is 12.6 Å². The minimum atomic E-state index is -0.177. The predicted molar refractivity (Wildman–Crippen MR) is 84.3 cm³/mol. The molecule has 114 valence electrons. The van der Waals surface area contributed by atoms with Gasteiger partial charge in [0.2, 0.25) is 0 Å². The Balaban J connectivity index is 2.94. The van der Waals surface area contributed by atoms with Crippen molar-refractivity contribution >= 4 is 0 Å². The molecule has 20 heavy (non-hydrogen) atoms. The number of nitrogens with zero attached hydrogens (tertiary/aromatic N) is 1. The molecule has 1 unspecified atom stereocenters. The molecule has 0 heterocycles. The zero-order valence-corrected chi connectivity index (χ0v) is 13.3. The van der Waals surface area contributed by atoms with Crippen LogP contribution in [0.4, 0.5) is 4.39 Å². The van der Waals surface area contributed by atoms with Crippen molar-refractivity contribution in [3.05, 3.63) is 35.1 Å². The Morgan fingerprint density at radius 3 is 2.45 bits per heavy atom. The van der Waals surface area contributed by atoms with Crippen molar-refractivity contribution in [2.75, 3.05) is 13.1 Å². The largest absolute Gasteiger partial charge is 0.329 e. The van der Waals surface area contributed by atoms with Crippen molar-refractivity contribution in [2.24, 2.45) is 5.73 Å². The van der Waals surface area contributed by atoms with Gasteiger partial charge in [-0.05, 0) is 57.0 Å². The summed E-state index contributed by atoms with van der Waals surface area (Å²) in [7, 11) is 0. The average Bonchev–Trinajstić information content (AvgIpc) is 2.39. The third kappa shape index (κ3) is 4.57. The van der Waals surface area contributed by atoms with Gasteiger partial charge in [-0.25, -0.2) is 4.39 Å². The molecule has 0 saturated heterocycles. The van der Waals surface area contributed by atoms with Gasteiger partial charge in [0.15, 0.2) is 0 Å². The zero-order chi connectivity index (χ0) is 15.1. The van der Waals surface area contributed by atoms with E-state index in [0.717, 1.165) is 17.7 Å². The molecule has 0 aromatic heterocycles. The lowest BCUT2D eigenvalue weighted by Crippen LogP contribution is -2.39. The van der Waals surface area contributed by atoms with Crippen LogP contribution >= 0.6 is 0 Å². The normalized spacial score (nSPS) is 13.2. The summed E-state index contributed by atoms with van der Waals surface area (Å²) >= 11 is 0. The maximum atomic E-state index is 13.3. The van der Waals surface area contributed by atoms with Gasteiger partial charge in [0.1, 0.15) is 5.82 Å². The van der Waals surface area contributed by atoms with Crippen LogP contribution in [0.15, 0.2) is 18.2 Å². The third-order valence-corrected chi connectivity index (χ3v) is 3.90. The number of benzene rings is 1. The molecule has 0 radical (unpaired) electrons. The molecular formula is C17H29FN2. The molecule has 3 heteroatoms. The number of halogens is 1. The predicted octanol–water partition coefficient (Wildman–Crippen LogP) is 4.03. The highest BCUT2D eigenvalue weighted by Gasteiger charge is 2.22. The van der Waals surface area contributed by atoms with Crippen LogP contribution in [-0.2, 0) is 0 Å². The first kappa shape index (κ1) is 17.1. The van der Waals surface area contributed by atoms with E-state index in [-0.39, 0.29) is 11.9 Å². The lowest BCUT2D eigenvalue weighted by molar-refractivity contribution is 0.153. The Hall–Kier alpha value is -0.930. The summed E-state index contributed by atoms with van der Waals surface area (Å²) in [6, 6.07) is 5.63.